The lowest BCUT2D eigenvalue weighted by Crippen LogP contribution is -2.50. The predicted octanol–water partition coefficient (Wildman–Crippen LogP) is 4.36. The van der Waals surface area contributed by atoms with E-state index in [2.05, 4.69) is 5.32 Å². The molecule has 2 amide bonds. The van der Waals surface area contributed by atoms with Crippen LogP contribution in [0.2, 0.25) is 10.0 Å². The first kappa shape index (κ1) is 28.3. The monoisotopic (exact) mass is 563 g/mol. The van der Waals surface area contributed by atoms with Crippen molar-refractivity contribution in [1.82, 2.24) is 10.2 Å². The number of hydrogen-bond donors (Lipinski definition) is 1. The van der Waals surface area contributed by atoms with Gasteiger partial charge in [0.1, 0.15) is 18.3 Å². The maximum atomic E-state index is 13.8. The molecule has 0 saturated heterocycles. The van der Waals surface area contributed by atoms with Crippen molar-refractivity contribution >= 4 is 50.7 Å². The Morgan fingerprint density at radius 3 is 2.35 bits per heavy atom. The normalized spacial score (nSPS) is 11.9. The van der Waals surface area contributed by atoms with Crippen LogP contribution in [0, 0.1) is 0 Å². The van der Waals surface area contributed by atoms with Gasteiger partial charge in [-0.1, -0.05) is 53.5 Å². The molecule has 0 aliphatic rings. The summed E-state index contributed by atoms with van der Waals surface area (Å²) in [5, 5.41) is 2.87. The van der Waals surface area contributed by atoms with Gasteiger partial charge in [0.25, 0.3) is 10.0 Å². The molecule has 0 heterocycles. The molecule has 8 nitrogen and oxygen atoms in total. The highest BCUT2D eigenvalue weighted by atomic mass is 35.5. The quantitative estimate of drug-likeness (QED) is 0.395. The molecule has 0 unspecified atom stereocenters. The molecule has 0 fully saturated rings. The summed E-state index contributed by atoms with van der Waals surface area (Å²) >= 11 is 12.5. The lowest BCUT2D eigenvalue weighted by molar-refractivity contribution is -0.139. The highest BCUT2D eigenvalue weighted by molar-refractivity contribution is 7.92. The Labute approximate surface area is 226 Å². The predicted molar refractivity (Wildman–Crippen MR) is 145 cm³/mol. The van der Waals surface area contributed by atoms with Gasteiger partial charge < -0.3 is 15.0 Å². The van der Waals surface area contributed by atoms with Gasteiger partial charge in [0, 0.05) is 18.6 Å². The van der Waals surface area contributed by atoms with Gasteiger partial charge in [-0.15, -0.1) is 0 Å². The van der Waals surface area contributed by atoms with E-state index < -0.39 is 34.4 Å². The van der Waals surface area contributed by atoms with Gasteiger partial charge in [0.2, 0.25) is 11.8 Å². The number of hydrogen-bond acceptors (Lipinski definition) is 5. The second-order valence-corrected chi connectivity index (χ2v) is 10.8. The Hall–Kier alpha value is -3.27. The van der Waals surface area contributed by atoms with E-state index in [0.29, 0.717) is 11.3 Å². The Kier molecular flexibility index (Phi) is 9.42. The lowest BCUT2D eigenvalue weighted by Gasteiger charge is -2.32. The summed E-state index contributed by atoms with van der Waals surface area (Å²) in [6.07, 6.45) is 0. The molecular formula is C26H27Cl2N3O5S. The molecule has 0 bridgehead atoms. The standard InChI is InChI=1S/C26H27Cl2N3O5S/c1-18(26(33)29-2)30(16-19-8-7-9-21(14-19)36-3)25(32)17-31(24-15-20(27)12-13-23(24)28)37(34,35)22-10-5-4-6-11-22/h4-15,18H,16-17H2,1-3H3,(H,29,33)/t18-/m0/s1. The van der Waals surface area contributed by atoms with Crippen molar-refractivity contribution < 1.29 is 22.7 Å². The third-order valence-corrected chi connectivity index (χ3v) is 8.02. The highest BCUT2D eigenvalue weighted by Crippen LogP contribution is 2.33. The first-order valence-corrected chi connectivity index (χ1v) is 13.4. The molecule has 0 aliphatic carbocycles. The van der Waals surface area contributed by atoms with Crippen molar-refractivity contribution in [3.05, 3.63) is 88.4 Å². The summed E-state index contributed by atoms with van der Waals surface area (Å²) in [5.74, 6) is -0.444. The summed E-state index contributed by atoms with van der Waals surface area (Å²) in [6, 6.07) is 18.2. The van der Waals surface area contributed by atoms with Crippen LogP contribution in [0.5, 0.6) is 5.75 Å². The molecular weight excluding hydrogens is 537 g/mol. The number of ether oxygens (including phenoxy) is 1. The maximum absolute atomic E-state index is 13.8. The Balaban J connectivity index is 2.07. The van der Waals surface area contributed by atoms with Crippen molar-refractivity contribution in [2.45, 2.75) is 24.4 Å². The molecule has 0 spiro atoms. The first-order chi connectivity index (χ1) is 17.6. The van der Waals surface area contributed by atoms with E-state index in [1.807, 2.05) is 0 Å². The lowest BCUT2D eigenvalue weighted by atomic mass is 10.1. The molecule has 1 atom stereocenters. The smallest absolute Gasteiger partial charge is 0.264 e. The molecule has 0 aliphatic heterocycles. The summed E-state index contributed by atoms with van der Waals surface area (Å²) in [6.45, 7) is 0.981. The van der Waals surface area contributed by atoms with E-state index in [1.165, 1.54) is 49.4 Å². The third-order valence-electron chi connectivity index (χ3n) is 5.69. The van der Waals surface area contributed by atoms with Crippen LogP contribution in [-0.4, -0.2) is 51.9 Å². The number of benzene rings is 3. The highest BCUT2D eigenvalue weighted by Gasteiger charge is 2.33. The zero-order chi connectivity index (χ0) is 27.2. The number of nitrogens with one attached hydrogen (secondary N) is 1. The average Bonchev–Trinajstić information content (AvgIpc) is 2.91. The maximum Gasteiger partial charge on any atom is 0.264 e. The van der Waals surface area contributed by atoms with Crippen molar-refractivity contribution in [3.8, 4) is 5.75 Å². The van der Waals surface area contributed by atoms with E-state index in [-0.39, 0.29) is 27.2 Å². The zero-order valence-corrected chi connectivity index (χ0v) is 22.8. The van der Waals surface area contributed by atoms with Crippen molar-refractivity contribution in [1.29, 1.82) is 0 Å². The minimum atomic E-state index is -4.23. The zero-order valence-electron chi connectivity index (χ0n) is 20.5. The van der Waals surface area contributed by atoms with E-state index in [0.717, 1.165) is 4.31 Å². The van der Waals surface area contributed by atoms with E-state index in [4.69, 9.17) is 27.9 Å². The average molecular weight is 564 g/mol. The van der Waals surface area contributed by atoms with Crippen LogP contribution in [0.1, 0.15) is 12.5 Å². The van der Waals surface area contributed by atoms with Crippen LogP contribution < -0.4 is 14.4 Å². The van der Waals surface area contributed by atoms with Gasteiger partial charge in [0.05, 0.1) is 22.7 Å². The van der Waals surface area contributed by atoms with Gasteiger partial charge in [-0.3, -0.25) is 13.9 Å². The number of anilines is 1. The molecule has 11 heteroatoms. The minimum Gasteiger partial charge on any atom is -0.497 e. The molecule has 196 valence electrons. The fourth-order valence-electron chi connectivity index (χ4n) is 3.67. The number of carbonyl (C=O) groups is 2. The van der Waals surface area contributed by atoms with E-state index in [1.54, 1.807) is 49.4 Å². The number of carbonyl (C=O) groups excluding carboxylic acids is 2. The molecule has 0 radical (unpaired) electrons. The first-order valence-electron chi connectivity index (χ1n) is 11.2. The largest absolute Gasteiger partial charge is 0.497 e. The minimum absolute atomic E-state index is 0.0301. The molecule has 3 aromatic carbocycles. The summed E-state index contributed by atoms with van der Waals surface area (Å²) in [5.41, 5.74) is 0.738. The molecule has 1 N–H and O–H groups in total. The summed E-state index contributed by atoms with van der Waals surface area (Å²) in [7, 11) is -1.25. The van der Waals surface area contributed by atoms with Crippen LogP contribution >= 0.6 is 23.2 Å². The van der Waals surface area contributed by atoms with Gasteiger partial charge in [-0.05, 0) is 55.0 Å². The second kappa shape index (κ2) is 12.3. The fraction of sp³-hybridized carbons (Fsp3) is 0.231. The number of sulfonamides is 1. The van der Waals surface area contributed by atoms with Crippen LogP contribution in [0.4, 0.5) is 5.69 Å². The molecule has 3 rings (SSSR count). The van der Waals surface area contributed by atoms with Crippen LogP contribution in [0.15, 0.2) is 77.7 Å². The van der Waals surface area contributed by atoms with Crippen LogP contribution in [0.3, 0.4) is 0 Å². The van der Waals surface area contributed by atoms with Gasteiger partial charge >= 0.3 is 0 Å². The number of likely N-dealkylation sites (N-methyl/N-ethyl adjacent to an activating group) is 1. The summed E-state index contributed by atoms with van der Waals surface area (Å²) in [4.78, 5) is 27.6. The molecule has 0 aromatic heterocycles. The van der Waals surface area contributed by atoms with Gasteiger partial charge in [-0.2, -0.15) is 0 Å². The van der Waals surface area contributed by atoms with Crippen molar-refractivity contribution in [3.63, 3.8) is 0 Å². The third kappa shape index (κ3) is 6.74. The molecule has 3 aromatic rings. The van der Waals surface area contributed by atoms with Crippen LogP contribution in [0.25, 0.3) is 0 Å². The Morgan fingerprint density at radius 1 is 1.00 bits per heavy atom. The van der Waals surface area contributed by atoms with Gasteiger partial charge in [-0.25, -0.2) is 8.42 Å². The van der Waals surface area contributed by atoms with E-state index in [9.17, 15) is 18.0 Å². The van der Waals surface area contributed by atoms with Crippen molar-refractivity contribution in [2.24, 2.45) is 0 Å². The summed E-state index contributed by atoms with van der Waals surface area (Å²) < 4.78 is 33.6. The van der Waals surface area contributed by atoms with E-state index >= 15 is 0 Å². The van der Waals surface area contributed by atoms with Crippen LogP contribution in [-0.2, 0) is 26.2 Å². The van der Waals surface area contributed by atoms with Gasteiger partial charge in [0.15, 0.2) is 0 Å². The Morgan fingerprint density at radius 2 is 1.70 bits per heavy atom. The number of methoxy groups -OCH3 is 1. The number of rotatable bonds is 10. The second-order valence-electron chi connectivity index (χ2n) is 8.08. The topological polar surface area (TPSA) is 96.0 Å². The fourth-order valence-corrected chi connectivity index (χ4v) is 5.55. The number of halogens is 2. The Bertz CT molecular complexity index is 1370. The SMILES string of the molecule is CNC(=O)[C@H](C)N(Cc1cccc(OC)c1)C(=O)CN(c1cc(Cl)ccc1Cl)S(=O)(=O)c1ccccc1. The number of nitrogens with zero attached hydrogens (tertiary/aromatic N) is 2. The molecule has 0 saturated carbocycles. The van der Waals surface area contributed by atoms with Crippen molar-refractivity contribution in [2.75, 3.05) is 25.0 Å². The number of amides is 2. The molecule has 37 heavy (non-hydrogen) atoms.